The maximum atomic E-state index is 12.5. The van der Waals surface area contributed by atoms with Gasteiger partial charge in [0, 0.05) is 18.5 Å². The van der Waals surface area contributed by atoms with E-state index in [0.717, 1.165) is 0 Å². The fourth-order valence-electron chi connectivity index (χ4n) is 2.56. The molecule has 2 N–H and O–H groups in total. The van der Waals surface area contributed by atoms with Gasteiger partial charge in [-0.2, -0.15) is 0 Å². The fraction of sp³-hybridized carbons (Fsp3) is 0.412. The number of Topliss-reactive ketones (excluding diaryl/α,β-unsaturated/α-hetero) is 1. The number of hydrogen-bond donors (Lipinski definition) is 2. The van der Waals surface area contributed by atoms with Crippen LogP contribution in [0.25, 0.3) is 0 Å². The van der Waals surface area contributed by atoms with Crippen molar-refractivity contribution in [2.75, 3.05) is 11.4 Å². The molecule has 1 aliphatic heterocycles. The summed E-state index contributed by atoms with van der Waals surface area (Å²) in [5.74, 6) is -2.44. The Kier molecular flexibility index (Phi) is 5.74. The molecule has 0 radical (unpaired) electrons. The number of ketones is 1. The molecule has 0 saturated carbocycles. The molecule has 8 heteroatoms. The van der Waals surface area contributed by atoms with Crippen LogP contribution in [0.15, 0.2) is 18.2 Å². The van der Waals surface area contributed by atoms with Gasteiger partial charge in [-0.25, -0.2) is 0 Å². The number of rotatable bonds is 8. The number of carbonyl (C=O) groups excluding carboxylic acids is 2. The van der Waals surface area contributed by atoms with Crippen LogP contribution in [0.4, 0.5) is 5.69 Å². The third kappa shape index (κ3) is 4.34. The number of aliphatic carboxylic acids is 2. The second-order valence-corrected chi connectivity index (χ2v) is 5.65. The molecule has 2 rings (SSSR count). The zero-order chi connectivity index (χ0) is 18.6. The van der Waals surface area contributed by atoms with Gasteiger partial charge in [-0.3, -0.25) is 19.2 Å². The Morgan fingerprint density at radius 3 is 2.40 bits per heavy atom. The van der Waals surface area contributed by atoms with E-state index < -0.39 is 18.0 Å². The van der Waals surface area contributed by atoms with Crippen molar-refractivity contribution in [1.82, 2.24) is 0 Å². The predicted octanol–water partition coefficient (Wildman–Crippen LogP) is 1.71. The molecule has 134 valence electrons. The quantitative estimate of drug-likeness (QED) is 0.685. The van der Waals surface area contributed by atoms with Gasteiger partial charge in [0.15, 0.2) is 11.9 Å². The van der Waals surface area contributed by atoms with E-state index in [4.69, 9.17) is 14.9 Å². The summed E-state index contributed by atoms with van der Waals surface area (Å²) in [4.78, 5) is 47.4. The minimum absolute atomic E-state index is 0.0339. The Bertz CT molecular complexity index is 713. The molecule has 8 nitrogen and oxygen atoms in total. The molecule has 1 aliphatic rings. The second kappa shape index (κ2) is 7.78. The first-order valence-electron chi connectivity index (χ1n) is 7.92. The Labute approximate surface area is 144 Å². The number of fused-ring (bicyclic) bond motifs is 1. The van der Waals surface area contributed by atoms with Gasteiger partial charge in [-0.15, -0.1) is 0 Å². The molecule has 1 heterocycles. The standard InChI is InChI=1S/C17H19NO7/c1-2-13-17(24)18(8-7-16(22)23)11-9-10(3-5-14(11)25-13)12(19)4-6-15(20)21/h3,5,9,13H,2,4,6-8H2,1H3,(H,20,21)(H,22,23). The van der Waals surface area contributed by atoms with Crippen LogP contribution in [0.5, 0.6) is 5.75 Å². The zero-order valence-corrected chi connectivity index (χ0v) is 13.7. The number of nitrogens with zero attached hydrogens (tertiary/aromatic N) is 1. The first kappa shape index (κ1) is 18.4. The van der Waals surface area contributed by atoms with Crippen LogP contribution in [-0.2, 0) is 14.4 Å². The third-order valence-electron chi connectivity index (χ3n) is 3.87. The van der Waals surface area contributed by atoms with E-state index in [1.165, 1.54) is 17.0 Å². The number of ether oxygens (including phenoxy) is 1. The van der Waals surface area contributed by atoms with Crippen LogP contribution in [0.3, 0.4) is 0 Å². The number of carboxylic acid groups (broad SMARTS) is 2. The number of amides is 1. The first-order valence-corrected chi connectivity index (χ1v) is 7.92. The van der Waals surface area contributed by atoms with Gasteiger partial charge in [0.1, 0.15) is 5.75 Å². The lowest BCUT2D eigenvalue weighted by Crippen LogP contribution is -2.46. The molecule has 1 atom stereocenters. The minimum atomic E-state index is -1.07. The van der Waals surface area contributed by atoms with Crippen molar-refractivity contribution in [3.63, 3.8) is 0 Å². The number of carbonyl (C=O) groups is 4. The summed E-state index contributed by atoms with van der Waals surface area (Å²) in [6.45, 7) is 1.75. The van der Waals surface area contributed by atoms with Crippen molar-refractivity contribution in [3.8, 4) is 5.75 Å². The Hall–Kier alpha value is -2.90. The Morgan fingerprint density at radius 2 is 1.80 bits per heavy atom. The minimum Gasteiger partial charge on any atom is -0.481 e. The smallest absolute Gasteiger partial charge is 0.305 e. The van der Waals surface area contributed by atoms with E-state index in [1.807, 2.05) is 0 Å². The van der Waals surface area contributed by atoms with Crippen molar-refractivity contribution in [1.29, 1.82) is 0 Å². The van der Waals surface area contributed by atoms with E-state index in [0.29, 0.717) is 17.9 Å². The molecule has 0 aliphatic carbocycles. The van der Waals surface area contributed by atoms with E-state index in [2.05, 4.69) is 0 Å². The molecule has 0 spiro atoms. The van der Waals surface area contributed by atoms with Gasteiger partial charge in [0.25, 0.3) is 5.91 Å². The first-order chi connectivity index (χ1) is 11.8. The molecule has 25 heavy (non-hydrogen) atoms. The summed E-state index contributed by atoms with van der Waals surface area (Å²) in [6, 6.07) is 4.51. The average Bonchev–Trinajstić information content (AvgIpc) is 2.57. The van der Waals surface area contributed by atoms with Crippen LogP contribution in [0.1, 0.15) is 43.0 Å². The van der Waals surface area contributed by atoms with Gasteiger partial charge >= 0.3 is 11.9 Å². The zero-order valence-electron chi connectivity index (χ0n) is 13.7. The molecule has 0 bridgehead atoms. The van der Waals surface area contributed by atoms with Crippen molar-refractivity contribution >= 4 is 29.3 Å². The van der Waals surface area contributed by atoms with E-state index in [-0.39, 0.29) is 43.1 Å². The highest BCUT2D eigenvalue weighted by atomic mass is 16.5. The maximum Gasteiger partial charge on any atom is 0.305 e. The van der Waals surface area contributed by atoms with E-state index in [9.17, 15) is 19.2 Å². The predicted molar refractivity (Wildman–Crippen MR) is 87.0 cm³/mol. The second-order valence-electron chi connectivity index (χ2n) is 5.65. The van der Waals surface area contributed by atoms with Crippen molar-refractivity contribution < 1.29 is 34.1 Å². The van der Waals surface area contributed by atoms with Gasteiger partial charge in [0.2, 0.25) is 0 Å². The summed E-state index contributed by atoms with van der Waals surface area (Å²) in [7, 11) is 0. The molecule has 1 unspecified atom stereocenters. The molecule has 0 aromatic heterocycles. The topological polar surface area (TPSA) is 121 Å². The summed E-state index contributed by atoms with van der Waals surface area (Å²) in [5, 5.41) is 17.6. The monoisotopic (exact) mass is 349 g/mol. The van der Waals surface area contributed by atoms with Crippen LogP contribution in [0.2, 0.25) is 0 Å². The lowest BCUT2D eigenvalue weighted by Gasteiger charge is -2.34. The number of benzene rings is 1. The molecule has 0 fully saturated rings. The maximum absolute atomic E-state index is 12.5. The molecular weight excluding hydrogens is 330 g/mol. The highest BCUT2D eigenvalue weighted by molar-refractivity contribution is 6.03. The molecule has 1 aromatic rings. The molecule has 1 aromatic carbocycles. The summed E-state index contributed by atoms with van der Waals surface area (Å²) < 4.78 is 5.62. The lowest BCUT2D eigenvalue weighted by molar-refractivity contribution is -0.138. The molecule has 1 amide bonds. The van der Waals surface area contributed by atoms with Crippen LogP contribution in [0, 0.1) is 0 Å². The van der Waals surface area contributed by atoms with Gasteiger partial charge in [-0.1, -0.05) is 6.92 Å². The Morgan fingerprint density at radius 1 is 1.12 bits per heavy atom. The highest BCUT2D eigenvalue weighted by Gasteiger charge is 2.33. The lowest BCUT2D eigenvalue weighted by atomic mass is 10.0. The van der Waals surface area contributed by atoms with Crippen LogP contribution in [-0.4, -0.2) is 46.5 Å². The van der Waals surface area contributed by atoms with Crippen molar-refractivity contribution in [2.24, 2.45) is 0 Å². The Balaban J connectivity index is 2.32. The summed E-state index contributed by atoms with van der Waals surface area (Å²) in [6.07, 6.45) is -0.948. The van der Waals surface area contributed by atoms with Crippen LogP contribution >= 0.6 is 0 Å². The molecular formula is C17H19NO7. The largest absolute Gasteiger partial charge is 0.481 e. The van der Waals surface area contributed by atoms with Crippen molar-refractivity contribution in [3.05, 3.63) is 23.8 Å². The fourth-order valence-corrected chi connectivity index (χ4v) is 2.56. The van der Waals surface area contributed by atoms with Gasteiger partial charge < -0.3 is 19.8 Å². The normalized spacial score (nSPS) is 16.1. The number of carboxylic acids is 2. The highest BCUT2D eigenvalue weighted by Crippen LogP contribution is 2.36. The molecule has 0 saturated heterocycles. The number of hydrogen-bond acceptors (Lipinski definition) is 5. The summed E-state index contributed by atoms with van der Waals surface area (Å²) >= 11 is 0. The SMILES string of the molecule is CCC1Oc2ccc(C(=O)CCC(=O)O)cc2N(CCC(=O)O)C1=O. The summed E-state index contributed by atoms with van der Waals surface area (Å²) in [5.41, 5.74) is 0.587. The van der Waals surface area contributed by atoms with Gasteiger partial charge in [-0.05, 0) is 24.6 Å². The van der Waals surface area contributed by atoms with E-state index in [1.54, 1.807) is 13.0 Å². The van der Waals surface area contributed by atoms with E-state index >= 15 is 0 Å². The van der Waals surface area contributed by atoms with Gasteiger partial charge in [0.05, 0.1) is 18.5 Å². The van der Waals surface area contributed by atoms with Crippen molar-refractivity contribution in [2.45, 2.75) is 38.7 Å². The van der Waals surface area contributed by atoms with Crippen LogP contribution < -0.4 is 9.64 Å². The number of anilines is 1. The average molecular weight is 349 g/mol. The third-order valence-corrected chi connectivity index (χ3v) is 3.87.